The molecule has 0 saturated carbocycles. The van der Waals surface area contributed by atoms with Crippen molar-refractivity contribution in [1.29, 1.82) is 0 Å². The molecule has 0 spiro atoms. The molecule has 0 aromatic heterocycles. The molecule has 2 rings (SSSR count). The maximum Gasteiger partial charge on any atom is 0.272 e. The minimum atomic E-state index is -0.300. The van der Waals surface area contributed by atoms with E-state index in [-0.39, 0.29) is 10.6 Å². The number of likely N-dealkylation sites (tertiary alicyclic amines) is 1. The van der Waals surface area contributed by atoms with Crippen LogP contribution < -0.4 is 5.32 Å². The summed E-state index contributed by atoms with van der Waals surface area (Å²) in [5.74, 6) is 0. The van der Waals surface area contributed by atoms with Gasteiger partial charge in [0.25, 0.3) is 5.69 Å². The standard InChI is InChI=1S/C14H21N3O2/c1-11-12(4-3-5-14(11)17(18)19)10-16-8-6-13(15-2)7-9-16/h3-5,13,15H,6-10H2,1-2H3. The lowest BCUT2D eigenvalue weighted by atomic mass is 10.0. The van der Waals surface area contributed by atoms with E-state index in [1.807, 2.05) is 20.0 Å². The summed E-state index contributed by atoms with van der Waals surface area (Å²) in [6.07, 6.45) is 2.29. The van der Waals surface area contributed by atoms with E-state index >= 15 is 0 Å². The molecule has 104 valence electrons. The molecule has 19 heavy (non-hydrogen) atoms. The van der Waals surface area contributed by atoms with Crippen LogP contribution in [-0.2, 0) is 6.54 Å². The number of piperidine rings is 1. The fourth-order valence-electron chi connectivity index (χ4n) is 2.66. The number of hydrogen-bond acceptors (Lipinski definition) is 4. The molecule has 1 aromatic rings. The molecular formula is C14H21N3O2. The fraction of sp³-hybridized carbons (Fsp3) is 0.571. The topological polar surface area (TPSA) is 58.4 Å². The average Bonchev–Trinajstić information content (AvgIpc) is 2.41. The summed E-state index contributed by atoms with van der Waals surface area (Å²) in [6, 6.07) is 5.96. The van der Waals surface area contributed by atoms with E-state index in [0.717, 1.165) is 43.6 Å². The zero-order valence-electron chi connectivity index (χ0n) is 11.6. The van der Waals surface area contributed by atoms with Crippen LogP contribution in [0.5, 0.6) is 0 Å². The van der Waals surface area contributed by atoms with Crippen molar-refractivity contribution in [2.24, 2.45) is 0 Å². The van der Waals surface area contributed by atoms with Gasteiger partial charge in [0.15, 0.2) is 0 Å². The number of nitro benzene ring substituents is 1. The van der Waals surface area contributed by atoms with E-state index in [0.29, 0.717) is 6.04 Å². The van der Waals surface area contributed by atoms with Gasteiger partial charge in [-0.25, -0.2) is 0 Å². The molecule has 5 nitrogen and oxygen atoms in total. The highest BCUT2D eigenvalue weighted by atomic mass is 16.6. The maximum atomic E-state index is 10.9. The first-order valence-corrected chi connectivity index (χ1v) is 6.74. The van der Waals surface area contributed by atoms with E-state index in [1.165, 1.54) is 0 Å². The van der Waals surface area contributed by atoms with E-state index in [1.54, 1.807) is 12.1 Å². The number of nitrogens with one attached hydrogen (secondary N) is 1. The zero-order chi connectivity index (χ0) is 13.8. The molecule has 0 unspecified atom stereocenters. The van der Waals surface area contributed by atoms with Crippen LogP contribution in [0.1, 0.15) is 24.0 Å². The second-order valence-electron chi connectivity index (χ2n) is 5.16. The van der Waals surface area contributed by atoms with Crippen molar-refractivity contribution in [2.45, 2.75) is 32.4 Å². The Morgan fingerprint density at radius 3 is 2.68 bits per heavy atom. The van der Waals surface area contributed by atoms with Gasteiger partial charge in [-0.15, -0.1) is 0 Å². The van der Waals surface area contributed by atoms with Crippen LogP contribution in [0, 0.1) is 17.0 Å². The van der Waals surface area contributed by atoms with Crippen molar-refractivity contribution < 1.29 is 4.92 Å². The molecule has 0 bridgehead atoms. The van der Waals surface area contributed by atoms with Gasteiger partial charge in [0.05, 0.1) is 4.92 Å². The third-order valence-electron chi connectivity index (χ3n) is 4.00. The molecule has 1 aromatic carbocycles. The second kappa shape index (κ2) is 6.12. The van der Waals surface area contributed by atoms with Crippen molar-refractivity contribution in [3.05, 3.63) is 39.4 Å². The maximum absolute atomic E-state index is 10.9. The van der Waals surface area contributed by atoms with Gasteiger partial charge in [0.2, 0.25) is 0 Å². The molecule has 0 aliphatic carbocycles. The molecule has 1 aliphatic heterocycles. The first kappa shape index (κ1) is 14.0. The van der Waals surface area contributed by atoms with Crippen LogP contribution in [-0.4, -0.2) is 36.0 Å². The van der Waals surface area contributed by atoms with Crippen molar-refractivity contribution >= 4 is 5.69 Å². The number of nitrogens with zero attached hydrogens (tertiary/aromatic N) is 2. The van der Waals surface area contributed by atoms with Crippen LogP contribution >= 0.6 is 0 Å². The van der Waals surface area contributed by atoms with E-state index in [4.69, 9.17) is 0 Å². The summed E-state index contributed by atoms with van der Waals surface area (Å²) in [7, 11) is 2.00. The molecule has 1 N–H and O–H groups in total. The van der Waals surface area contributed by atoms with Crippen LogP contribution in [0.2, 0.25) is 0 Å². The summed E-state index contributed by atoms with van der Waals surface area (Å²) < 4.78 is 0. The van der Waals surface area contributed by atoms with Gasteiger partial charge in [-0.1, -0.05) is 12.1 Å². The minimum Gasteiger partial charge on any atom is -0.317 e. The number of nitro groups is 1. The van der Waals surface area contributed by atoms with Crippen LogP contribution in [0.15, 0.2) is 18.2 Å². The Bertz CT molecular complexity index is 454. The Kier molecular flexibility index (Phi) is 4.50. The lowest BCUT2D eigenvalue weighted by Gasteiger charge is -2.32. The molecule has 0 atom stereocenters. The Labute approximate surface area is 113 Å². The predicted molar refractivity (Wildman–Crippen MR) is 75.2 cm³/mol. The van der Waals surface area contributed by atoms with Crippen molar-refractivity contribution in [2.75, 3.05) is 20.1 Å². The van der Waals surface area contributed by atoms with Gasteiger partial charge in [0.1, 0.15) is 0 Å². The summed E-state index contributed by atoms with van der Waals surface area (Å²) in [6.45, 7) is 4.75. The van der Waals surface area contributed by atoms with Gasteiger partial charge >= 0.3 is 0 Å². The van der Waals surface area contributed by atoms with Gasteiger partial charge < -0.3 is 5.32 Å². The van der Waals surface area contributed by atoms with Gasteiger partial charge in [-0.05, 0) is 45.5 Å². The first-order valence-electron chi connectivity index (χ1n) is 6.74. The molecule has 1 aliphatic rings. The van der Waals surface area contributed by atoms with E-state index in [2.05, 4.69) is 10.2 Å². The molecule has 1 fully saturated rings. The van der Waals surface area contributed by atoms with Crippen molar-refractivity contribution in [3.8, 4) is 0 Å². The number of benzene rings is 1. The summed E-state index contributed by atoms with van der Waals surface area (Å²) >= 11 is 0. The van der Waals surface area contributed by atoms with Crippen LogP contribution in [0.4, 0.5) is 5.69 Å². The van der Waals surface area contributed by atoms with Crippen molar-refractivity contribution in [1.82, 2.24) is 10.2 Å². The smallest absolute Gasteiger partial charge is 0.272 e. The van der Waals surface area contributed by atoms with Gasteiger partial charge in [-0.2, -0.15) is 0 Å². The molecule has 5 heteroatoms. The van der Waals surface area contributed by atoms with Crippen LogP contribution in [0.3, 0.4) is 0 Å². The highest BCUT2D eigenvalue weighted by Crippen LogP contribution is 2.23. The SMILES string of the molecule is CNC1CCN(Cc2cccc([N+](=O)[O-])c2C)CC1. The van der Waals surface area contributed by atoms with Crippen LogP contribution in [0.25, 0.3) is 0 Å². The van der Waals surface area contributed by atoms with Crippen molar-refractivity contribution in [3.63, 3.8) is 0 Å². The molecule has 0 amide bonds. The lowest BCUT2D eigenvalue weighted by Crippen LogP contribution is -2.40. The molecule has 1 saturated heterocycles. The minimum absolute atomic E-state index is 0.225. The lowest BCUT2D eigenvalue weighted by molar-refractivity contribution is -0.385. The quantitative estimate of drug-likeness (QED) is 0.667. The molecular weight excluding hydrogens is 242 g/mol. The first-order chi connectivity index (χ1) is 9.11. The normalized spacial score (nSPS) is 17.6. The largest absolute Gasteiger partial charge is 0.317 e. The monoisotopic (exact) mass is 263 g/mol. The Balaban J connectivity index is 2.04. The second-order valence-corrected chi connectivity index (χ2v) is 5.16. The Morgan fingerprint density at radius 1 is 1.42 bits per heavy atom. The van der Waals surface area contributed by atoms with Gasteiger partial charge in [0, 0.05) is 24.2 Å². The van der Waals surface area contributed by atoms with E-state index < -0.39 is 0 Å². The number of hydrogen-bond donors (Lipinski definition) is 1. The fourth-order valence-corrected chi connectivity index (χ4v) is 2.66. The Hall–Kier alpha value is -1.46. The summed E-state index contributed by atoms with van der Waals surface area (Å²) in [5.41, 5.74) is 2.09. The Morgan fingerprint density at radius 2 is 2.11 bits per heavy atom. The van der Waals surface area contributed by atoms with Gasteiger partial charge in [-0.3, -0.25) is 15.0 Å². The van der Waals surface area contributed by atoms with E-state index in [9.17, 15) is 10.1 Å². The predicted octanol–water partition coefficient (Wildman–Crippen LogP) is 2.09. The summed E-state index contributed by atoms with van der Waals surface area (Å²) in [5, 5.41) is 14.2. The highest BCUT2D eigenvalue weighted by molar-refractivity contribution is 5.44. The zero-order valence-corrected chi connectivity index (χ0v) is 11.6. The molecule has 1 heterocycles. The average molecular weight is 263 g/mol. The third-order valence-corrected chi connectivity index (χ3v) is 4.00. The summed E-state index contributed by atoms with van der Waals surface area (Å²) in [4.78, 5) is 13.0. The molecule has 0 radical (unpaired) electrons. The highest BCUT2D eigenvalue weighted by Gasteiger charge is 2.20. The number of rotatable bonds is 4. The third kappa shape index (κ3) is 3.30.